The number of aliphatic hydroxyl groups is 11. The van der Waals surface area contributed by atoms with Crippen molar-refractivity contribution in [1.82, 2.24) is 10.6 Å². The highest BCUT2D eigenvalue weighted by Crippen LogP contribution is 2.38. The number of aliphatic hydroxyl groups excluding tert-OH is 10. The number of allylic oxidation sites excluding steroid dienone is 12. The number of cyclic esters (lactones) is 1. The van der Waals surface area contributed by atoms with Crippen LogP contribution in [0.5, 0.6) is 0 Å². The van der Waals surface area contributed by atoms with Crippen molar-refractivity contribution in [3.63, 3.8) is 0 Å². The van der Waals surface area contributed by atoms with Gasteiger partial charge in [0.2, 0.25) is 11.8 Å². The van der Waals surface area contributed by atoms with Crippen LogP contribution in [0.1, 0.15) is 105 Å². The molecule has 3 heterocycles. The van der Waals surface area contributed by atoms with Gasteiger partial charge in [-0.25, -0.2) is 0 Å². The smallest absolute Gasteiger partial charge is 0.308 e. The van der Waals surface area contributed by atoms with E-state index in [1.807, 2.05) is 13.0 Å². The first kappa shape index (κ1) is 68.2. The Labute approximate surface area is 458 Å². The van der Waals surface area contributed by atoms with Crippen LogP contribution in [0, 0.1) is 17.8 Å². The molecule has 22 heteroatoms. The zero-order chi connectivity index (χ0) is 58.0. The second-order valence-corrected chi connectivity index (χ2v) is 20.9. The molecule has 0 aromatic rings. The number of carbonyl (C=O) groups excluding carboxylic acids is 3. The minimum Gasteiger partial charge on any atom is -0.462 e. The molecule has 22 nitrogen and oxygen atoms in total. The maximum Gasteiger partial charge on any atom is 0.308 e. The maximum atomic E-state index is 13.8. The standard InChI is InChI=1S/C56H92N4O18/c1-34-20-15-13-11-9-7-5-6-8-10-12-14-16-21-41(77-55-52(71)49(51(70)37(4)76-55)60-53(72)42(58)22-17-18-25-57)31-46-48(54(73)59-26-19-27-61)45(67)33-56(74,78-46)32-44(66)43(65)24-23-38(62)28-39(63)29-40(64)30-47(68)75-36(3)35(2)50(34)69/h5-16,20-21,34-46,48-52,55,61-67,69-71,74H,17-19,22-33,57-58H2,1-4H3,(H,59,73)(H,60,72)/b6-5+,9-7+,10-8+,13-11+,14-12+,20-15+,21-16+/t34-,35-,36-,37+,38+,39+,40+,41-,42-,43+,44+,45-,46-,48+,49-,50+,51+,52-,55-,56+/m0/s1. The van der Waals surface area contributed by atoms with E-state index in [9.17, 15) is 70.6 Å². The molecule has 2 amide bonds. The number of nitrogens with one attached hydrogen (secondary N) is 2. The maximum absolute atomic E-state index is 13.8. The summed E-state index contributed by atoms with van der Waals surface area (Å²) in [6.07, 6.45) is 4.42. The van der Waals surface area contributed by atoms with Gasteiger partial charge in [-0.3, -0.25) is 14.4 Å². The van der Waals surface area contributed by atoms with Crippen LogP contribution in [0.4, 0.5) is 0 Å². The van der Waals surface area contributed by atoms with Crippen LogP contribution >= 0.6 is 0 Å². The number of esters is 1. The van der Waals surface area contributed by atoms with Crippen LogP contribution in [0.3, 0.4) is 0 Å². The molecule has 20 atom stereocenters. The molecule has 0 aliphatic carbocycles. The normalized spacial score (nSPS) is 40.2. The van der Waals surface area contributed by atoms with E-state index in [0.717, 1.165) is 0 Å². The van der Waals surface area contributed by atoms with Gasteiger partial charge in [-0.1, -0.05) is 105 Å². The number of unbranched alkanes of at least 4 members (excludes halogenated alkanes) is 1. The van der Waals surface area contributed by atoms with Gasteiger partial charge in [0.05, 0.1) is 85.5 Å². The minimum absolute atomic E-state index is 0.0213. The molecule has 0 aromatic heterocycles. The summed E-state index contributed by atoms with van der Waals surface area (Å²) in [5.74, 6) is -6.62. The number of nitrogens with two attached hydrogens (primary N) is 2. The van der Waals surface area contributed by atoms with Gasteiger partial charge in [-0.15, -0.1) is 0 Å². The number of fused-ring (bicyclic) bond motifs is 2. The number of amides is 2. The van der Waals surface area contributed by atoms with E-state index in [4.69, 9.17) is 30.4 Å². The van der Waals surface area contributed by atoms with E-state index < -0.39 is 152 Å². The van der Waals surface area contributed by atoms with Crippen LogP contribution in [0.25, 0.3) is 0 Å². The Morgan fingerprint density at radius 3 is 1.92 bits per heavy atom. The number of carbonyl (C=O) groups is 3. The molecular formula is C56H92N4O18. The molecule has 3 rings (SSSR count). The van der Waals surface area contributed by atoms with Crippen molar-refractivity contribution in [1.29, 1.82) is 0 Å². The van der Waals surface area contributed by atoms with Gasteiger partial charge in [0, 0.05) is 44.2 Å². The molecule has 0 radical (unpaired) electrons. The Hall–Kier alpha value is -4.05. The molecule has 17 N–H and O–H groups in total. The number of ether oxygens (including phenoxy) is 4. The van der Waals surface area contributed by atoms with Gasteiger partial charge < -0.3 is 97.2 Å². The molecule has 444 valence electrons. The van der Waals surface area contributed by atoms with Crippen LogP contribution < -0.4 is 22.1 Å². The highest BCUT2D eigenvalue weighted by atomic mass is 16.7. The minimum atomic E-state index is -2.38. The van der Waals surface area contributed by atoms with E-state index in [1.54, 1.807) is 86.8 Å². The predicted molar refractivity (Wildman–Crippen MR) is 289 cm³/mol. The molecule has 0 spiro atoms. The third-order valence-electron chi connectivity index (χ3n) is 14.2. The monoisotopic (exact) mass is 1110 g/mol. The average Bonchev–Trinajstić information content (AvgIpc) is 3.41. The summed E-state index contributed by atoms with van der Waals surface area (Å²) in [4.78, 5) is 39.7. The molecule has 2 fully saturated rings. The van der Waals surface area contributed by atoms with Crippen molar-refractivity contribution < 1.29 is 89.5 Å². The summed E-state index contributed by atoms with van der Waals surface area (Å²) in [6, 6.07) is -2.29. The zero-order valence-electron chi connectivity index (χ0n) is 45.6. The topological polar surface area (TPSA) is 387 Å². The molecule has 78 heavy (non-hydrogen) atoms. The van der Waals surface area contributed by atoms with E-state index in [-0.39, 0.29) is 57.6 Å². The van der Waals surface area contributed by atoms with Crippen LogP contribution in [-0.4, -0.2) is 197 Å². The van der Waals surface area contributed by atoms with Crippen LogP contribution in [0.15, 0.2) is 85.1 Å². The first-order valence-corrected chi connectivity index (χ1v) is 27.4. The summed E-state index contributed by atoms with van der Waals surface area (Å²) in [7, 11) is 0. The molecule has 2 saturated heterocycles. The van der Waals surface area contributed by atoms with Crippen LogP contribution in [-0.2, 0) is 33.3 Å². The Kier molecular flexibility index (Phi) is 31.2. The number of hydrogen-bond donors (Lipinski definition) is 15. The first-order chi connectivity index (χ1) is 37.0. The molecule has 3 aliphatic heterocycles. The van der Waals surface area contributed by atoms with Gasteiger partial charge >= 0.3 is 5.97 Å². The second kappa shape index (κ2) is 35.6. The van der Waals surface area contributed by atoms with Gasteiger partial charge in [0.15, 0.2) is 12.1 Å². The lowest BCUT2D eigenvalue weighted by molar-refractivity contribution is -0.309. The molecular weight excluding hydrogens is 1020 g/mol. The lowest BCUT2D eigenvalue weighted by Crippen LogP contribution is -2.65. The summed E-state index contributed by atoms with van der Waals surface area (Å²) in [5, 5.41) is 126. The number of rotatable bonds is 12. The Balaban J connectivity index is 1.99. The first-order valence-electron chi connectivity index (χ1n) is 27.4. The quantitative estimate of drug-likeness (QED) is 0.0884. The largest absolute Gasteiger partial charge is 0.462 e. The fourth-order valence-electron chi connectivity index (χ4n) is 9.43. The molecule has 2 bridgehead atoms. The Morgan fingerprint density at radius 2 is 1.31 bits per heavy atom. The van der Waals surface area contributed by atoms with Crippen molar-refractivity contribution in [2.24, 2.45) is 29.2 Å². The lowest BCUT2D eigenvalue weighted by atomic mass is 9.82. The molecule has 0 unspecified atom stereocenters. The fourth-order valence-corrected chi connectivity index (χ4v) is 9.43. The van der Waals surface area contributed by atoms with Gasteiger partial charge in [0.1, 0.15) is 18.3 Å². The van der Waals surface area contributed by atoms with Gasteiger partial charge in [0.25, 0.3) is 0 Å². The van der Waals surface area contributed by atoms with Gasteiger partial charge in [-0.05, 0) is 65.3 Å². The summed E-state index contributed by atoms with van der Waals surface area (Å²) < 4.78 is 24.0. The summed E-state index contributed by atoms with van der Waals surface area (Å²) >= 11 is 0. The number of hydrogen-bond acceptors (Lipinski definition) is 20. The molecule has 3 aliphatic rings. The third-order valence-corrected chi connectivity index (χ3v) is 14.2. The van der Waals surface area contributed by atoms with Crippen molar-refractivity contribution in [2.75, 3.05) is 19.7 Å². The summed E-state index contributed by atoms with van der Waals surface area (Å²) in [6.45, 7) is 6.89. The summed E-state index contributed by atoms with van der Waals surface area (Å²) in [5.41, 5.74) is 11.7. The van der Waals surface area contributed by atoms with E-state index >= 15 is 0 Å². The zero-order valence-corrected chi connectivity index (χ0v) is 45.6. The molecule has 0 aromatic carbocycles. The Morgan fingerprint density at radius 1 is 0.718 bits per heavy atom. The highest BCUT2D eigenvalue weighted by molar-refractivity contribution is 5.82. The SMILES string of the molecule is C[C@@H]1[C@H](O)[C@@H](C)/C=C/C=C/C=C/C=C/C=C/C=C/C=C/[C@H](O[C@@H]2O[C@H](C)[C@@H](O)[C@H](NC(=O)[C@@H](N)CCCCN)[C@@H]2O)C[C@@H]2O[C@](O)(C[C@@H](O)[C@H](O)CC[C@@H](O)C[C@@H](O)C[C@@H](O)CC(=O)O[C@H]1C)C[C@H](O)[C@H]2C(=O)NCCCO. The van der Waals surface area contributed by atoms with Crippen molar-refractivity contribution in [3.05, 3.63) is 85.1 Å². The average molecular weight is 1110 g/mol. The van der Waals surface area contributed by atoms with Crippen molar-refractivity contribution in [3.8, 4) is 0 Å². The van der Waals surface area contributed by atoms with E-state index in [1.165, 1.54) is 13.0 Å². The van der Waals surface area contributed by atoms with Gasteiger partial charge in [-0.2, -0.15) is 0 Å². The third kappa shape index (κ3) is 24.0. The molecule has 0 saturated carbocycles. The predicted octanol–water partition coefficient (Wildman–Crippen LogP) is -0.260. The fraction of sp³-hybridized carbons (Fsp3) is 0.696. The highest BCUT2D eigenvalue weighted by Gasteiger charge is 2.51. The van der Waals surface area contributed by atoms with E-state index in [0.29, 0.717) is 25.8 Å². The van der Waals surface area contributed by atoms with Crippen molar-refractivity contribution in [2.45, 2.75) is 208 Å². The van der Waals surface area contributed by atoms with E-state index in [2.05, 4.69) is 10.6 Å². The lowest BCUT2D eigenvalue weighted by Gasteiger charge is -2.46. The second-order valence-electron chi connectivity index (χ2n) is 20.9. The van der Waals surface area contributed by atoms with Crippen LogP contribution in [0.2, 0.25) is 0 Å². The Bertz CT molecular complexity index is 1990. The van der Waals surface area contributed by atoms with Crippen molar-refractivity contribution >= 4 is 17.8 Å².